The van der Waals surface area contributed by atoms with E-state index in [-0.39, 0.29) is 11.4 Å². The number of hydrogen-bond donors (Lipinski definition) is 2. The molecule has 15 heavy (non-hydrogen) atoms. The van der Waals surface area contributed by atoms with Crippen LogP contribution in [0.5, 0.6) is 0 Å². The van der Waals surface area contributed by atoms with E-state index >= 15 is 0 Å². The molecule has 0 aromatic carbocycles. The van der Waals surface area contributed by atoms with Crippen molar-refractivity contribution in [3.05, 3.63) is 0 Å². The van der Waals surface area contributed by atoms with Crippen molar-refractivity contribution < 1.29 is 4.79 Å². The Morgan fingerprint density at radius 1 is 1.47 bits per heavy atom. The number of primary amides is 1. The SMILES string of the molecule is CCNC1(CC(N)=O)CCC(C)C(C)C1. The Kier molecular flexibility index (Phi) is 4.14. The second-order valence-electron chi connectivity index (χ2n) is 5.15. The first-order valence-corrected chi connectivity index (χ1v) is 6.02. The van der Waals surface area contributed by atoms with Crippen LogP contribution in [0.25, 0.3) is 0 Å². The summed E-state index contributed by atoms with van der Waals surface area (Å²) < 4.78 is 0. The van der Waals surface area contributed by atoms with Gasteiger partial charge in [0.15, 0.2) is 0 Å². The molecule has 3 atom stereocenters. The van der Waals surface area contributed by atoms with Crippen molar-refractivity contribution in [3.63, 3.8) is 0 Å². The van der Waals surface area contributed by atoms with Crippen molar-refractivity contribution in [2.45, 2.75) is 52.0 Å². The van der Waals surface area contributed by atoms with E-state index in [2.05, 4.69) is 26.1 Å². The van der Waals surface area contributed by atoms with Crippen LogP contribution in [0.2, 0.25) is 0 Å². The molecule has 0 spiro atoms. The Labute approximate surface area is 92.8 Å². The zero-order valence-electron chi connectivity index (χ0n) is 10.2. The molecule has 1 aliphatic carbocycles. The molecule has 1 rings (SSSR count). The van der Waals surface area contributed by atoms with E-state index in [9.17, 15) is 4.79 Å². The van der Waals surface area contributed by atoms with Gasteiger partial charge in [-0.1, -0.05) is 20.8 Å². The van der Waals surface area contributed by atoms with Crippen LogP contribution in [-0.2, 0) is 4.79 Å². The molecule has 1 saturated carbocycles. The second-order valence-corrected chi connectivity index (χ2v) is 5.15. The summed E-state index contributed by atoms with van der Waals surface area (Å²) in [4.78, 5) is 11.1. The van der Waals surface area contributed by atoms with Gasteiger partial charge in [0.2, 0.25) is 5.91 Å². The van der Waals surface area contributed by atoms with Crippen molar-refractivity contribution in [1.82, 2.24) is 5.32 Å². The lowest BCUT2D eigenvalue weighted by atomic mass is 9.70. The van der Waals surface area contributed by atoms with E-state index in [1.54, 1.807) is 0 Å². The third-order valence-corrected chi connectivity index (χ3v) is 3.83. The lowest BCUT2D eigenvalue weighted by molar-refractivity contribution is -0.120. The smallest absolute Gasteiger partial charge is 0.219 e. The Balaban J connectivity index is 2.69. The van der Waals surface area contributed by atoms with Gasteiger partial charge in [0.1, 0.15) is 0 Å². The van der Waals surface area contributed by atoms with Gasteiger partial charge in [0.25, 0.3) is 0 Å². The van der Waals surface area contributed by atoms with Crippen molar-refractivity contribution in [1.29, 1.82) is 0 Å². The van der Waals surface area contributed by atoms with Crippen LogP contribution in [0, 0.1) is 11.8 Å². The van der Waals surface area contributed by atoms with E-state index in [0.717, 1.165) is 25.3 Å². The molecule has 0 saturated heterocycles. The van der Waals surface area contributed by atoms with Gasteiger partial charge in [-0.15, -0.1) is 0 Å². The fraction of sp³-hybridized carbons (Fsp3) is 0.917. The summed E-state index contributed by atoms with van der Waals surface area (Å²) in [5, 5.41) is 3.48. The Morgan fingerprint density at radius 3 is 2.60 bits per heavy atom. The van der Waals surface area contributed by atoms with Gasteiger partial charge in [-0.25, -0.2) is 0 Å². The lowest BCUT2D eigenvalue weighted by Crippen LogP contribution is -2.52. The number of rotatable bonds is 4. The molecule has 0 aromatic heterocycles. The molecule has 3 N–H and O–H groups in total. The number of hydrogen-bond acceptors (Lipinski definition) is 2. The van der Waals surface area contributed by atoms with E-state index in [4.69, 9.17) is 5.73 Å². The normalized spacial score (nSPS) is 36.5. The van der Waals surface area contributed by atoms with E-state index in [0.29, 0.717) is 12.3 Å². The van der Waals surface area contributed by atoms with Gasteiger partial charge in [0, 0.05) is 12.0 Å². The minimum atomic E-state index is -0.183. The lowest BCUT2D eigenvalue weighted by Gasteiger charge is -2.43. The van der Waals surface area contributed by atoms with Crippen molar-refractivity contribution >= 4 is 5.91 Å². The van der Waals surface area contributed by atoms with Crippen LogP contribution in [-0.4, -0.2) is 18.0 Å². The van der Waals surface area contributed by atoms with Crippen LogP contribution in [0.15, 0.2) is 0 Å². The van der Waals surface area contributed by atoms with Gasteiger partial charge in [-0.2, -0.15) is 0 Å². The first kappa shape index (κ1) is 12.5. The molecular weight excluding hydrogens is 188 g/mol. The molecule has 0 bridgehead atoms. The van der Waals surface area contributed by atoms with E-state index < -0.39 is 0 Å². The highest BCUT2D eigenvalue weighted by Gasteiger charge is 2.37. The van der Waals surface area contributed by atoms with Crippen LogP contribution in [0.4, 0.5) is 0 Å². The molecule has 88 valence electrons. The maximum absolute atomic E-state index is 11.1. The first-order chi connectivity index (χ1) is 6.99. The predicted molar refractivity (Wildman–Crippen MR) is 62.4 cm³/mol. The molecule has 3 nitrogen and oxygen atoms in total. The number of nitrogens with one attached hydrogen (secondary N) is 1. The molecule has 3 unspecified atom stereocenters. The van der Waals surface area contributed by atoms with E-state index in [1.807, 2.05) is 0 Å². The molecule has 0 aliphatic heterocycles. The van der Waals surface area contributed by atoms with Gasteiger partial charge in [-0.3, -0.25) is 4.79 Å². The molecule has 0 radical (unpaired) electrons. The van der Waals surface area contributed by atoms with Crippen molar-refractivity contribution in [2.24, 2.45) is 17.6 Å². The average molecular weight is 212 g/mol. The Morgan fingerprint density at radius 2 is 2.13 bits per heavy atom. The molecule has 0 aromatic rings. The highest BCUT2D eigenvalue weighted by atomic mass is 16.1. The third kappa shape index (κ3) is 3.20. The second kappa shape index (κ2) is 4.97. The standard InChI is InChI=1S/C12H24N2O/c1-4-14-12(8-11(13)15)6-5-9(2)10(3)7-12/h9-10,14H,4-8H2,1-3H3,(H2,13,15). The molecule has 1 amide bonds. The maximum Gasteiger partial charge on any atom is 0.219 e. The van der Waals surface area contributed by atoms with Crippen LogP contribution < -0.4 is 11.1 Å². The number of carbonyl (C=O) groups is 1. The number of carbonyl (C=O) groups excluding carboxylic acids is 1. The molecule has 3 heteroatoms. The summed E-state index contributed by atoms with van der Waals surface area (Å²) in [6.45, 7) is 7.57. The zero-order chi connectivity index (χ0) is 11.5. The molecule has 1 aliphatic rings. The quantitative estimate of drug-likeness (QED) is 0.744. The van der Waals surface area contributed by atoms with Gasteiger partial charge >= 0.3 is 0 Å². The number of nitrogens with two attached hydrogens (primary N) is 1. The monoisotopic (exact) mass is 212 g/mol. The molecular formula is C12H24N2O. The summed E-state index contributed by atoms with van der Waals surface area (Å²) >= 11 is 0. The summed E-state index contributed by atoms with van der Waals surface area (Å²) in [6, 6.07) is 0. The minimum Gasteiger partial charge on any atom is -0.370 e. The highest BCUT2D eigenvalue weighted by molar-refractivity contribution is 5.75. The van der Waals surface area contributed by atoms with Crippen molar-refractivity contribution in [2.75, 3.05) is 6.54 Å². The molecule has 1 fully saturated rings. The largest absolute Gasteiger partial charge is 0.370 e. The Bertz CT molecular complexity index is 230. The fourth-order valence-corrected chi connectivity index (χ4v) is 2.80. The summed E-state index contributed by atoms with van der Waals surface area (Å²) in [6.07, 6.45) is 3.83. The maximum atomic E-state index is 11.1. The highest BCUT2D eigenvalue weighted by Crippen LogP contribution is 2.37. The summed E-state index contributed by atoms with van der Waals surface area (Å²) in [5.74, 6) is 1.26. The topological polar surface area (TPSA) is 55.1 Å². The zero-order valence-corrected chi connectivity index (χ0v) is 10.2. The van der Waals surface area contributed by atoms with Gasteiger partial charge in [0.05, 0.1) is 0 Å². The van der Waals surface area contributed by atoms with Gasteiger partial charge in [-0.05, 0) is 37.6 Å². The Hall–Kier alpha value is -0.570. The van der Waals surface area contributed by atoms with E-state index in [1.165, 1.54) is 6.42 Å². The first-order valence-electron chi connectivity index (χ1n) is 6.02. The summed E-state index contributed by atoms with van der Waals surface area (Å²) in [5.41, 5.74) is 5.32. The third-order valence-electron chi connectivity index (χ3n) is 3.83. The van der Waals surface area contributed by atoms with Crippen LogP contribution >= 0.6 is 0 Å². The minimum absolute atomic E-state index is 0.0213. The molecule has 0 heterocycles. The number of amides is 1. The summed E-state index contributed by atoms with van der Waals surface area (Å²) in [7, 11) is 0. The fourth-order valence-electron chi connectivity index (χ4n) is 2.80. The average Bonchev–Trinajstić information content (AvgIpc) is 2.11. The van der Waals surface area contributed by atoms with Gasteiger partial charge < -0.3 is 11.1 Å². The van der Waals surface area contributed by atoms with Crippen LogP contribution in [0.1, 0.15) is 46.5 Å². The predicted octanol–water partition coefficient (Wildman–Crippen LogP) is 1.67. The van der Waals surface area contributed by atoms with Crippen molar-refractivity contribution in [3.8, 4) is 0 Å². The van der Waals surface area contributed by atoms with Crippen LogP contribution in [0.3, 0.4) is 0 Å².